The number of rotatable bonds is 3. The van der Waals surface area contributed by atoms with Crippen molar-refractivity contribution in [3.63, 3.8) is 0 Å². The predicted molar refractivity (Wildman–Crippen MR) is 98.9 cm³/mol. The minimum Gasteiger partial charge on any atom is -0.482 e. The highest BCUT2D eigenvalue weighted by Crippen LogP contribution is 2.62. The molecule has 2 aliphatic heterocycles. The van der Waals surface area contributed by atoms with E-state index >= 15 is 0 Å². The van der Waals surface area contributed by atoms with E-state index in [1.165, 1.54) is 37.4 Å². The number of nitrogens with zero attached hydrogens (tertiary/aromatic N) is 1. The van der Waals surface area contributed by atoms with Crippen LogP contribution in [0.4, 0.5) is 0 Å². The van der Waals surface area contributed by atoms with E-state index in [-0.39, 0.29) is 17.5 Å². The summed E-state index contributed by atoms with van der Waals surface area (Å²) in [6.07, 6.45) is 7.96. The van der Waals surface area contributed by atoms with Gasteiger partial charge in [0.05, 0.1) is 0 Å². The van der Waals surface area contributed by atoms with Crippen LogP contribution in [-0.4, -0.2) is 47.3 Å². The third-order valence-electron chi connectivity index (χ3n) is 7.42. The van der Waals surface area contributed by atoms with Gasteiger partial charge in [-0.2, -0.15) is 0 Å². The maximum absolute atomic E-state index is 11.6. The molecule has 2 fully saturated rings. The number of carbonyl (C=O) groups excluding carboxylic acids is 1. The average Bonchev–Trinajstić information content (AvgIpc) is 3.38. The molecule has 6 rings (SSSR count). The van der Waals surface area contributed by atoms with Crippen LogP contribution in [0.15, 0.2) is 24.3 Å². The second-order valence-electron chi connectivity index (χ2n) is 8.96. The number of benzene rings is 1. The number of likely N-dealkylation sites (tertiary alicyclic amines) is 1. The SMILES string of the molecule is CC(=O)Oc1ccc2c3c1O[C@H]1[C@@H](O)C=C[C@H]4[C@@H](C2)N(CC2CC2)CC[C@@]341. The van der Waals surface area contributed by atoms with Crippen LogP contribution in [-0.2, 0) is 16.6 Å². The number of aliphatic hydroxyl groups is 1. The molecule has 5 nitrogen and oxygen atoms in total. The maximum Gasteiger partial charge on any atom is 0.308 e. The molecule has 0 unspecified atom stereocenters. The highest BCUT2D eigenvalue weighted by atomic mass is 16.6. The third-order valence-corrected chi connectivity index (χ3v) is 7.42. The van der Waals surface area contributed by atoms with Gasteiger partial charge in [0.1, 0.15) is 12.2 Å². The minimum absolute atomic E-state index is 0.196. The second kappa shape index (κ2) is 5.36. The Hall–Kier alpha value is -1.85. The second-order valence-corrected chi connectivity index (χ2v) is 8.96. The number of ether oxygens (including phenoxy) is 2. The average molecular weight is 367 g/mol. The van der Waals surface area contributed by atoms with E-state index in [2.05, 4.69) is 17.0 Å². The summed E-state index contributed by atoms with van der Waals surface area (Å²) in [7, 11) is 0. The monoisotopic (exact) mass is 367 g/mol. The number of hydrogen-bond donors (Lipinski definition) is 1. The molecule has 1 saturated carbocycles. The zero-order valence-electron chi connectivity index (χ0n) is 15.6. The molecule has 0 radical (unpaired) electrons. The largest absolute Gasteiger partial charge is 0.482 e. The topological polar surface area (TPSA) is 59.0 Å². The number of hydrogen-bond acceptors (Lipinski definition) is 5. The summed E-state index contributed by atoms with van der Waals surface area (Å²) in [6, 6.07) is 4.44. The first-order chi connectivity index (χ1) is 13.1. The summed E-state index contributed by atoms with van der Waals surface area (Å²) in [5, 5.41) is 10.8. The molecule has 2 heterocycles. The van der Waals surface area contributed by atoms with E-state index in [1.807, 2.05) is 12.1 Å². The Morgan fingerprint density at radius 3 is 3.00 bits per heavy atom. The number of aliphatic hydroxyl groups excluding tert-OH is 1. The molecule has 0 aromatic heterocycles. The molecule has 1 N–H and O–H groups in total. The van der Waals surface area contributed by atoms with E-state index in [1.54, 1.807) is 0 Å². The van der Waals surface area contributed by atoms with Gasteiger partial charge in [-0.05, 0) is 49.8 Å². The summed E-state index contributed by atoms with van der Waals surface area (Å²) in [5.41, 5.74) is 2.30. The van der Waals surface area contributed by atoms with E-state index in [0.29, 0.717) is 23.5 Å². The normalized spacial score (nSPS) is 38.3. The number of carbonyl (C=O) groups is 1. The molecule has 1 spiro atoms. The highest BCUT2D eigenvalue weighted by Gasteiger charge is 2.64. The van der Waals surface area contributed by atoms with E-state index in [4.69, 9.17) is 9.47 Å². The maximum atomic E-state index is 11.6. The summed E-state index contributed by atoms with van der Waals surface area (Å²) < 4.78 is 11.8. The fraction of sp³-hybridized carbons (Fsp3) is 0.591. The molecule has 1 aromatic carbocycles. The van der Waals surface area contributed by atoms with Gasteiger partial charge in [0, 0.05) is 36.4 Å². The van der Waals surface area contributed by atoms with Crippen LogP contribution in [0.2, 0.25) is 0 Å². The van der Waals surface area contributed by atoms with Gasteiger partial charge in [-0.15, -0.1) is 0 Å². The lowest BCUT2D eigenvalue weighted by atomic mass is 9.53. The van der Waals surface area contributed by atoms with Crippen molar-refractivity contribution < 1.29 is 19.4 Å². The predicted octanol–water partition coefficient (Wildman–Crippen LogP) is 2.20. The van der Waals surface area contributed by atoms with Gasteiger partial charge in [-0.25, -0.2) is 0 Å². The van der Waals surface area contributed by atoms with Crippen LogP contribution in [0.25, 0.3) is 0 Å². The van der Waals surface area contributed by atoms with Crippen LogP contribution < -0.4 is 9.47 Å². The molecule has 3 aliphatic carbocycles. The standard InChI is InChI=1S/C22H25NO4/c1-12(24)26-18-7-4-14-10-16-15-5-6-17(25)21-22(15,19(14)20(18)27-21)8-9-23(16)11-13-2-3-13/h4-7,13,15-17,21,25H,2-3,8-11H2,1H3/t15-,16+,17-,21-,22-/m0/s1. The lowest BCUT2D eigenvalue weighted by Gasteiger charge is -2.57. The summed E-state index contributed by atoms with van der Waals surface area (Å²) in [5.74, 6) is 2.06. The highest BCUT2D eigenvalue weighted by molar-refractivity contribution is 5.72. The summed E-state index contributed by atoms with van der Waals surface area (Å²) in [4.78, 5) is 14.3. The Bertz CT molecular complexity index is 860. The van der Waals surface area contributed by atoms with Gasteiger partial charge >= 0.3 is 5.97 Å². The molecule has 27 heavy (non-hydrogen) atoms. The van der Waals surface area contributed by atoms with E-state index < -0.39 is 6.10 Å². The first-order valence-electron chi connectivity index (χ1n) is 10.2. The molecule has 1 saturated heterocycles. The van der Waals surface area contributed by atoms with Crippen LogP contribution in [0.5, 0.6) is 11.5 Å². The molecular formula is C22H25NO4. The van der Waals surface area contributed by atoms with E-state index in [0.717, 1.165) is 25.3 Å². The smallest absolute Gasteiger partial charge is 0.308 e. The van der Waals surface area contributed by atoms with Crippen LogP contribution in [0.1, 0.15) is 37.3 Å². The van der Waals surface area contributed by atoms with Crippen molar-refractivity contribution >= 4 is 5.97 Å². The molecule has 5 heteroatoms. The quantitative estimate of drug-likeness (QED) is 0.504. The first-order valence-corrected chi connectivity index (χ1v) is 10.2. The molecule has 5 aliphatic rings. The molecule has 0 amide bonds. The Morgan fingerprint density at radius 2 is 2.22 bits per heavy atom. The lowest BCUT2D eigenvalue weighted by molar-refractivity contribution is -0.132. The van der Waals surface area contributed by atoms with Crippen LogP contribution in [0, 0.1) is 11.8 Å². The van der Waals surface area contributed by atoms with Gasteiger partial charge < -0.3 is 14.6 Å². The van der Waals surface area contributed by atoms with Crippen molar-refractivity contribution in [2.45, 2.75) is 56.3 Å². The Kier molecular flexibility index (Phi) is 3.20. The zero-order valence-corrected chi connectivity index (χ0v) is 15.6. The van der Waals surface area contributed by atoms with Gasteiger partial charge in [-0.1, -0.05) is 18.2 Å². The Balaban J connectivity index is 1.51. The summed E-state index contributed by atoms with van der Waals surface area (Å²) >= 11 is 0. The van der Waals surface area contributed by atoms with Crippen LogP contribution >= 0.6 is 0 Å². The summed E-state index contributed by atoms with van der Waals surface area (Å²) in [6.45, 7) is 3.67. The van der Waals surface area contributed by atoms with Crippen molar-refractivity contribution in [1.82, 2.24) is 4.90 Å². The van der Waals surface area contributed by atoms with Crippen molar-refractivity contribution in [3.8, 4) is 11.5 Å². The van der Waals surface area contributed by atoms with Gasteiger partial charge in [-0.3, -0.25) is 9.69 Å². The van der Waals surface area contributed by atoms with E-state index in [9.17, 15) is 9.90 Å². The fourth-order valence-electron chi connectivity index (χ4n) is 6.22. The van der Waals surface area contributed by atoms with Crippen LogP contribution in [0.3, 0.4) is 0 Å². The molecular weight excluding hydrogens is 342 g/mol. The first kappa shape index (κ1) is 16.1. The number of piperidine rings is 1. The molecule has 2 bridgehead atoms. The Morgan fingerprint density at radius 1 is 1.37 bits per heavy atom. The van der Waals surface area contributed by atoms with Gasteiger partial charge in [0.25, 0.3) is 0 Å². The molecule has 5 atom stereocenters. The number of esters is 1. The third kappa shape index (κ3) is 2.10. The van der Waals surface area contributed by atoms with Crippen molar-refractivity contribution in [1.29, 1.82) is 0 Å². The zero-order chi connectivity index (χ0) is 18.3. The minimum atomic E-state index is -0.625. The van der Waals surface area contributed by atoms with Gasteiger partial charge in [0.15, 0.2) is 11.5 Å². The molecule has 1 aromatic rings. The fourth-order valence-corrected chi connectivity index (χ4v) is 6.22. The Labute approximate surface area is 158 Å². The molecule has 142 valence electrons. The van der Waals surface area contributed by atoms with Crippen molar-refractivity contribution in [2.24, 2.45) is 11.8 Å². The lowest BCUT2D eigenvalue weighted by Crippen LogP contribution is -2.65. The van der Waals surface area contributed by atoms with Gasteiger partial charge in [0.2, 0.25) is 0 Å². The van der Waals surface area contributed by atoms with Crippen molar-refractivity contribution in [3.05, 3.63) is 35.4 Å². The van der Waals surface area contributed by atoms with Crippen molar-refractivity contribution in [2.75, 3.05) is 13.1 Å².